The Hall–Kier alpha value is -3.28. The molecular formula is C20H21N3O3. The van der Waals surface area contributed by atoms with Gasteiger partial charge < -0.3 is 9.30 Å². The molecule has 0 spiro atoms. The van der Waals surface area contributed by atoms with Crippen molar-refractivity contribution >= 4 is 22.7 Å². The lowest BCUT2D eigenvalue weighted by molar-refractivity contribution is -0.121. The number of carbonyl (C=O) groups excluding carboxylic acids is 2. The highest BCUT2D eigenvalue weighted by molar-refractivity contribution is 6.07. The number of amides is 2. The molecule has 2 amide bonds. The van der Waals surface area contributed by atoms with Crippen molar-refractivity contribution in [1.29, 1.82) is 0 Å². The Morgan fingerprint density at radius 2 is 1.88 bits per heavy atom. The molecule has 6 nitrogen and oxygen atoms in total. The number of fused-ring (bicyclic) bond motifs is 1. The molecule has 0 radical (unpaired) electrons. The zero-order chi connectivity index (χ0) is 18.5. The van der Waals surface area contributed by atoms with Crippen molar-refractivity contribution in [2.45, 2.75) is 12.8 Å². The van der Waals surface area contributed by atoms with E-state index in [0.29, 0.717) is 12.0 Å². The smallest absolute Gasteiger partial charge is 0.271 e. The predicted octanol–water partition coefficient (Wildman–Crippen LogP) is 2.58. The number of aromatic nitrogens is 1. The molecule has 1 aromatic heterocycles. The molecule has 0 unspecified atom stereocenters. The molecule has 0 aliphatic carbocycles. The number of hydrogen-bond acceptors (Lipinski definition) is 3. The number of nitrogens with zero attached hydrogens (tertiary/aromatic N) is 1. The molecule has 0 saturated heterocycles. The predicted molar refractivity (Wildman–Crippen MR) is 99.8 cm³/mol. The topological polar surface area (TPSA) is 72.4 Å². The highest BCUT2D eigenvalue weighted by atomic mass is 16.5. The average Bonchev–Trinajstić information content (AvgIpc) is 3.02. The fraction of sp³-hybridized carbons (Fsp3) is 0.200. The molecule has 0 aliphatic rings. The fourth-order valence-electron chi connectivity index (χ4n) is 2.86. The molecule has 1 heterocycles. The fourth-order valence-corrected chi connectivity index (χ4v) is 2.86. The summed E-state index contributed by atoms with van der Waals surface area (Å²) in [7, 11) is 3.49. The van der Waals surface area contributed by atoms with Gasteiger partial charge in [-0.15, -0.1) is 0 Å². The molecule has 2 aromatic carbocycles. The first kappa shape index (κ1) is 17.5. The van der Waals surface area contributed by atoms with Crippen LogP contribution in [-0.4, -0.2) is 23.5 Å². The van der Waals surface area contributed by atoms with E-state index in [4.69, 9.17) is 4.74 Å². The van der Waals surface area contributed by atoms with E-state index in [1.165, 1.54) is 0 Å². The number of benzene rings is 2. The highest BCUT2D eigenvalue weighted by Gasteiger charge is 2.14. The van der Waals surface area contributed by atoms with Gasteiger partial charge in [-0.05, 0) is 30.2 Å². The zero-order valence-corrected chi connectivity index (χ0v) is 14.8. The molecular weight excluding hydrogens is 330 g/mol. The van der Waals surface area contributed by atoms with Crippen LogP contribution in [-0.2, 0) is 18.3 Å². The summed E-state index contributed by atoms with van der Waals surface area (Å²) in [6, 6.07) is 15.2. The Balaban J connectivity index is 1.56. The number of hydrogen-bond donors (Lipinski definition) is 2. The molecule has 2 N–H and O–H groups in total. The van der Waals surface area contributed by atoms with Gasteiger partial charge in [0.05, 0.1) is 12.7 Å². The number of rotatable bonds is 5. The van der Waals surface area contributed by atoms with Gasteiger partial charge in [-0.2, -0.15) is 0 Å². The third kappa shape index (κ3) is 3.85. The van der Waals surface area contributed by atoms with Crippen molar-refractivity contribution in [2.75, 3.05) is 7.11 Å². The first-order valence-corrected chi connectivity index (χ1v) is 8.34. The Morgan fingerprint density at radius 1 is 1.08 bits per heavy atom. The maximum atomic E-state index is 12.4. The van der Waals surface area contributed by atoms with Crippen molar-refractivity contribution < 1.29 is 14.3 Å². The second-order valence-electron chi connectivity index (χ2n) is 6.02. The van der Waals surface area contributed by atoms with Crippen molar-refractivity contribution in [3.63, 3.8) is 0 Å². The number of aryl methyl sites for hydroxylation is 2. The van der Waals surface area contributed by atoms with Crippen LogP contribution in [0.1, 0.15) is 22.3 Å². The van der Waals surface area contributed by atoms with E-state index < -0.39 is 0 Å². The first-order valence-electron chi connectivity index (χ1n) is 8.34. The zero-order valence-electron chi connectivity index (χ0n) is 14.8. The number of para-hydroxylation sites is 1. The highest BCUT2D eigenvalue weighted by Crippen LogP contribution is 2.19. The molecule has 134 valence electrons. The summed E-state index contributed by atoms with van der Waals surface area (Å²) in [4.78, 5) is 24.4. The SMILES string of the molecule is COc1cccc(CCC(=O)NNC(=O)c2cn(C)c3ccccc23)c1. The molecule has 0 fully saturated rings. The van der Waals surface area contributed by atoms with Gasteiger partial charge in [0.1, 0.15) is 5.75 Å². The van der Waals surface area contributed by atoms with E-state index in [-0.39, 0.29) is 18.2 Å². The Kier molecular flexibility index (Phi) is 5.22. The van der Waals surface area contributed by atoms with Gasteiger partial charge in [-0.25, -0.2) is 0 Å². The molecule has 0 aliphatic heterocycles. The summed E-state index contributed by atoms with van der Waals surface area (Å²) in [5.74, 6) is 0.171. The number of carbonyl (C=O) groups is 2. The lowest BCUT2D eigenvalue weighted by atomic mass is 10.1. The normalized spacial score (nSPS) is 10.5. The van der Waals surface area contributed by atoms with E-state index >= 15 is 0 Å². The summed E-state index contributed by atoms with van der Waals surface area (Å²) in [5.41, 5.74) is 7.45. The second-order valence-corrected chi connectivity index (χ2v) is 6.02. The van der Waals surface area contributed by atoms with Crippen molar-refractivity contribution in [1.82, 2.24) is 15.4 Å². The van der Waals surface area contributed by atoms with Gasteiger partial charge in [0.15, 0.2) is 0 Å². The van der Waals surface area contributed by atoms with Crippen LogP contribution in [0.25, 0.3) is 10.9 Å². The molecule has 0 atom stereocenters. The average molecular weight is 351 g/mol. The minimum atomic E-state index is -0.337. The van der Waals surface area contributed by atoms with Crippen LogP contribution in [0.4, 0.5) is 0 Å². The van der Waals surface area contributed by atoms with E-state index in [0.717, 1.165) is 22.2 Å². The summed E-state index contributed by atoms with van der Waals surface area (Å²) < 4.78 is 7.05. The first-order chi connectivity index (χ1) is 12.6. The van der Waals surface area contributed by atoms with Gasteiger partial charge in [-0.1, -0.05) is 30.3 Å². The van der Waals surface area contributed by atoms with E-state index in [1.54, 1.807) is 13.3 Å². The van der Waals surface area contributed by atoms with Gasteiger partial charge >= 0.3 is 0 Å². The largest absolute Gasteiger partial charge is 0.497 e. The standard InChI is InChI=1S/C20H21N3O3/c1-23-13-17(16-8-3-4-9-18(16)23)20(25)22-21-19(24)11-10-14-6-5-7-15(12-14)26-2/h3-9,12-13H,10-11H2,1-2H3,(H,21,24)(H,22,25). The number of ether oxygens (including phenoxy) is 1. The van der Waals surface area contributed by atoms with Crippen LogP contribution >= 0.6 is 0 Å². The van der Waals surface area contributed by atoms with Crippen LogP contribution in [0.15, 0.2) is 54.7 Å². The maximum absolute atomic E-state index is 12.4. The van der Waals surface area contributed by atoms with E-state index in [9.17, 15) is 9.59 Å². The van der Waals surface area contributed by atoms with Gasteiger partial charge in [0.25, 0.3) is 5.91 Å². The summed E-state index contributed by atoms with van der Waals surface area (Å²) in [6.07, 6.45) is 2.58. The maximum Gasteiger partial charge on any atom is 0.271 e. The van der Waals surface area contributed by atoms with Crippen LogP contribution < -0.4 is 15.6 Å². The second kappa shape index (κ2) is 7.74. The Bertz CT molecular complexity index is 946. The van der Waals surface area contributed by atoms with Gasteiger partial charge in [0, 0.05) is 30.6 Å². The van der Waals surface area contributed by atoms with E-state index in [1.807, 2.05) is 60.1 Å². The molecule has 3 aromatic rings. The number of nitrogens with one attached hydrogen (secondary N) is 2. The Labute approximate surface area is 151 Å². The third-order valence-corrected chi connectivity index (χ3v) is 4.23. The Morgan fingerprint density at radius 3 is 2.69 bits per heavy atom. The van der Waals surface area contributed by atoms with Crippen molar-refractivity contribution in [3.8, 4) is 5.75 Å². The quantitative estimate of drug-likeness (QED) is 0.694. The number of hydrazine groups is 1. The van der Waals surface area contributed by atoms with Gasteiger partial charge in [-0.3, -0.25) is 20.4 Å². The lowest BCUT2D eigenvalue weighted by Crippen LogP contribution is -2.41. The minimum absolute atomic E-state index is 0.249. The molecule has 0 saturated carbocycles. The van der Waals surface area contributed by atoms with Gasteiger partial charge in [0.2, 0.25) is 5.91 Å². The summed E-state index contributed by atoms with van der Waals surface area (Å²) in [5, 5.41) is 0.845. The molecule has 3 rings (SSSR count). The lowest BCUT2D eigenvalue weighted by Gasteiger charge is -2.07. The minimum Gasteiger partial charge on any atom is -0.497 e. The monoisotopic (exact) mass is 351 g/mol. The summed E-state index contributed by atoms with van der Waals surface area (Å²) in [6.45, 7) is 0. The van der Waals surface area contributed by atoms with Crippen LogP contribution in [0, 0.1) is 0 Å². The van der Waals surface area contributed by atoms with Crippen LogP contribution in [0.5, 0.6) is 5.75 Å². The molecule has 0 bridgehead atoms. The summed E-state index contributed by atoms with van der Waals surface area (Å²) >= 11 is 0. The van der Waals surface area contributed by atoms with Crippen LogP contribution in [0.2, 0.25) is 0 Å². The van der Waals surface area contributed by atoms with Crippen molar-refractivity contribution in [3.05, 3.63) is 65.9 Å². The van der Waals surface area contributed by atoms with Crippen LogP contribution in [0.3, 0.4) is 0 Å². The third-order valence-electron chi connectivity index (χ3n) is 4.23. The van der Waals surface area contributed by atoms with Crippen molar-refractivity contribution in [2.24, 2.45) is 7.05 Å². The molecule has 6 heteroatoms. The van der Waals surface area contributed by atoms with E-state index in [2.05, 4.69) is 10.9 Å². The number of methoxy groups -OCH3 is 1. The molecule has 26 heavy (non-hydrogen) atoms.